The van der Waals surface area contributed by atoms with Crippen LogP contribution in [0.15, 0.2) is 52.4 Å². The maximum Gasteiger partial charge on any atom is 0.264 e. The van der Waals surface area contributed by atoms with Crippen molar-refractivity contribution in [2.75, 3.05) is 11.4 Å². The van der Waals surface area contributed by atoms with Gasteiger partial charge in [-0.1, -0.05) is 6.08 Å². The van der Waals surface area contributed by atoms with Gasteiger partial charge in [0.05, 0.1) is 16.1 Å². The van der Waals surface area contributed by atoms with Gasteiger partial charge in [-0.2, -0.15) is 0 Å². The highest BCUT2D eigenvalue weighted by molar-refractivity contribution is 8.18. The third-order valence-corrected chi connectivity index (χ3v) is 6.59. The van der Waals surface area contributed by atoms with E-state index in [1.54, 1.807) is 12.1 Å². The minimum Gasteiger partial charge on any atom is -0.363 e. The number of amidine groups is 1. The van der Waals surface area contributed by atoms with E-state index in [9.17, 15) is 9.18 Å². The van der Waals surface area contributed by atoms with Crippen LogP contribution in [0.5, 0.6) is 0 Å². The molecule has 2 aliphatic heterocycles. The van der Waals surface area contributed by atoms with Crippen molar-refractivity contribution in [1.29, 1.82) is 0 Å². The zero-order chi connectivity index (χ0) is 22.3. The van der Waals surface area contributed by atoms with E-state index in [1.165, 1.54) is 40.7 Å². The second-order valence-electron chi connectivity index (χ2n) is 8.41. The van der Waals surface area contributed by atoms with Crippen molar-refractivity contribution in [2.24, 2.45) is 4.99 Å². The first kappa shape index (κ1) is 21.4. The number of rotatable bonds is 3. The van der Waals surface area contributed by atoms with Crippen LogP contribution in [0.4, 0.5) is 15.8 Å². The molecule has 0 aliphatic carbocycles. The molecule has 6 heteroatoms. The van der Waals surface area contributed by atoms with E-state index in [0.29, 0.717) is 15.8 Å². The Morgan fingerprint density at radius 1 is 1.19 bits per heavy atom. The average Bonchev–Trinajstić information content (AvgIpc) is 3.03. The molecule has 0 atom stereocenters. The van der Waals surface area contributed by atoms with Crippen LogP contribution in [0.1, 0.15) is 44.4 Å². The van der Waals surface area contributed by atoms with Gasteiger partial charge in [-0.25, -0.2) is 9.38 Å². The number of amides is 1. The zero-order valence-corrected chi connectivity index (χ0v) is 19.2. The SMILES string of the molecule is CCN1c2cc(C)c(/C=C3\SC(=Nc4ccc(F)cc4)NC3=O)cc2C(C)=CC1(C)C. The number of likely N-dealkylation sites (N-methyl/N-ethyl adjacent to an activating group) is 1. The molecule has 0 aromatic heterocycles. The van der Waals surface area contributed by atoms with E-state index in [2.05, 4.69) is 68.0 Å². The smallest absolute Gasteiger partial charge is 0.264 e. The Kier molecular flexibility index (Phi) is 5.52. The number of fused-ring (bicyclic) bond motifs is 1. The third-order valence-electron chi connectivity index (χ3n) is 5.68. The number of nitrogens with one attached hydrogen (secondary N) is 1. The number of hydrogen-bond acceptors (Lipinski definition) is 4. The van der Waals surface area contributed by atoms with E-state index < -0.39 is 0 Å². The molecule has 1 saturated heterocycles. The second-order valence-corrected chi connectivity index (χ2v) is 9.44. The highest BCUT2D eigenvalue weighted by Gasteiger charge is 2.31. The summed E-state index contributed by atoms with van der Waals surface area (Å²) in [5, 5.41) is 3.29. The van der Waals surface area contributed by atoms with Gasteiger partial charge >= 0.3 is 0 Å². The molecule has 0 unspecified atom stereocenters. The first-order valence-corrected chi connectivity index (χ1v) is 11.2. The lowest BCUT2D eigenvalue weighted by molar-refractivity contribution is -0.115. The molecule has 4 rings (SSSR count). The Balaban J connectivity index is 1.67. The normalized spacial score (nSPS) is 20.1. The third kappa shape index (κ3) is 4.17. The standard InChI is InChI=1S/C25H26FN3OS/c1-6-29-21-11-15(2)17(12-20(21)16(3)14-25(29,4)5)13-22-23(30)28-24(31-22)27-19-9-7-18(26)8-10-19/h7-14H,6H2,1-5H3,(H,27,28,30)/b22-13-. The molecule has 0 radical (unpaired) electrons. The zero-order valence-electron chi connectivity index (χ0n) is 18.4. The molecule has 160 valence electrons. The van der Waals surface area contributed by atoms with Crippen LogP contribution in [-0.2, 0) is 4.79 Å². The Hall–Kier alpha value is -2.86. The summed E-state index contributed by atoms with van der Waals surface area (Å²) >= 11 is 1.30. The van der Waals surface area contributed by atoms with Gasteiger partial charge in [0, 0.05) is 17.8 Å². The number of thioether (sulfide) groups is 1. The van der Waals surface area contributed by atoms with Gasteiger partial charge < -0.3 is 10.2 Å². The van der Waals surface area contributed by atoms with Crippen molar-refractivity contribution < 1.29 is 9.18 Å². The number of benzene rings is 2. The molecule has 2 aromatic carbocycles. The van der Waals surface area contributed by atoms with E-state index in [1.807, 2.05) is 6.08 Å². The molecule has 0 bridgehead atoms. The van der Waals surface area contributed by atoms with Crippen LogP contribution < -0.4 is 10.2 Å². The molecular weight excluding hydrogens is 409 g/mol. The van der Waals surface area contributed by atoms with E-state index >= 15 is 0 Å². The maximum absolute atomic E-state index is 13.1. The number of halogens is 1. The molecule has 0 spiro atoms. The van der Waals surface area contributed by atoms with Crippen LogP contribution in [0.3, 0.4) is 0 Å². The van der Waals surface area contributed by atoms with Gasteiger partial charge in [0.2, 0.25) is 0 Å². The molecule has 31 heavy (non-hydrogen) atoms. The van der Waals surface area contributed by atoms with Gasteiger partial charge in [-0.3, -0.25) is 4.79 Å². The van der Waals surface area contributed by atoms with Crippen LogP contribution in [0.2, 0.25) is 0 Å². The summed E-state index contributed by atoms with van der Waals surface area (Å²) in [6.45, 7) is 11.8. The van der Waals surface area contributed by atoms with E-state index in [4.69, 9.17) is 0 Å². The number of aliphatic imine (C=N–C) groups is 1. The number of nitrogens with zero attached hydrogens (tertiary/aromatic N) is 2. The van der Waals surface area contributed by atoms with E-state index in [0.717, 1.165) is 17.7 Å². The summed E-state index contributed by atoms with van der Waals surface area (Å²) in [5.74, 6) is -0.489. The molecular formula is C25H26FN3OS. The van der Waals surface area contributed by atoms with Gasteiger partial charge in [-0.15, -0.1) is 0 Å². The number of aryl methyl sites for hydroxylation is 1. The summed E-state index contributed by atoms with van der Waals surface area (Å²) in [7, 11) is 0. The number of allylic oxidation sites excluding steroid dienone is 1. The largest absolute Gasteiger partial charge is 0.363 e. The lowest BCUT2D eigenvalue weighted by atomic mass is 9.87. The monoisotopic (exact) mass is 435 g/mol. The Labute approximate surface area is 186 Å². The number of hydrogen-bond donors (Lipinski definition) is 1. The highest BCUT2D eigenvalue weighted by Crippen LogP contribution is 2.41. The summed E-state index contributed by atoms with van der Waals surface area (Å²) < 4.78 is 13.1. The number of carbonyl (C=O) groups excluding carboxylic acids is 1. The van der Waals surface area contributed by atoms with Crippen LogP contribution >= 0.6 is 11.8 Å². The Morgan fingerprint density at radius 3 is 2.58 bits per heavy atom. The fourth-order valence-corrected chi connectivity index (χ4v) is 5.07. The van der Waals surface area contributed by atoms with Gasteiger partial charge in [0.25, 0.3) is 5.91 Å². The first-order valence-electron chi connectivity index (χ1n) is 10.3. The van der Waals surface area contributed by atoms with Crippen LogP contribution in [0, 0.1) is 12.7 Å². The van der Waals surface area contributed by atoms with Crippen molar-refractivity contribution in [3.63, 3.8) is 0 Å². The molecule has 0 saturated carbocycles. The predicted octanol–water partition coefficient (Wildman–Crippen LogP) is 6.05. The quantitative estimate of drug-likeness (QED) is 0.597. The molecule has 1 fully saturated rings. The van der Waals surface area contributed by atoms with Crippen LogP contribution in [0.25, 0.3) is 11.6 Å². The number of anilines is 1. The number of carbonyl (C=O) groups is 1. The first-order chi connectivity index (χ1) is 14.7. The fraction of sp³-hybridized carbons (Fsp3) is 0.280. The molecule has 4 nitrogen and oxygen atoms in total. The maximum atomic E-state index is 13.1. The van der Waals surface area contributed by atoms with Crippen molar-refractivity contribution in [3.05, 3.63) is 69.9 Å². The van der Waals surface area contributed by atoms with Gasteiger partial charge in [-0.05, 0) is 106 Å². The highest BCUT2D eigenvalue weighted by atomic mass is 32.2. The lowest BCUT2D eigenvalue weighted by Gasteiger charge is -2.43. The topological polar surface area (TPSA) is 44.7 Å². The van der Waals surface area contributed by atoms with Gasteiger partial charge in [0.15, 0.2) is 5.17 Å². The Morgan fingerprint density at radius 2 is 1.90 bits per heavy atom. The van der Waals surface area contributed by atoms with Crippen molar-refractivity contribution in [3.8, 4) is 0 Å². The minimum atomic E-state index is -0.315. The summed E-state index contributed by atoms with van der Waals surface area (Å²) in [4.78, 5) is 19.9. The average molecular weight is 436 g/mol. The summed E-state index contributed by atoms with van der Waals surface area (Å²) in [5.41, 5.74) is 6.36. The molecule has 1 amide bonds. The van der Waals surface area contributed by atoms with Crippen LogP contribution in [-0.4, -0.2) is 23.2 Å². The fourth-order valence-electron chi connectivity index (χ4n) is 4.23. The molecule has 2 heterocycles. The summed E-state index contributed by atoms with van der Waals surface area (Å²) in [6.07, 6.45) is 4.22. The van der Waals surface area contributed by atoms with Gasteiger partial charge in [0.1, 0.15) is 5.82 Å². The molecule has 2 aliphatic rings. The van der Waals surface area contributed by atoms with Crippen molar-refractivity contribution >= 4 is 45.9 Å². The second kappa shape index (κ2) is 8.00. The van der Waals surface area contributed by atoms with Crippen molar-refractivity contribution in [2.45, 2.75) is 40.2 Å². The van der Waals surface area contributed by atoms with Crippen molar-refractivity contribution in [1.82, 2.24) is 5.32 Å². The lowest BCUT2D eigenvalue weighted by Crippen LogP contribution is -2.44. The molecule has 1 N–H and O–H groups in total. The predicted molar refractivity (Wildman–Crippen MR) is 129 cm³/mol. The minimum absolute atomic E-state index is 0.0365. The Bertz CT molecular complexity index is 1150. The molecule has 2 aromatic rings. The van der Waals surface area contributed by atoms with E-state index in [-0.39, 0.29) is 17.3 Å². The summed E-state index contributed by atoms with van der Waals surface area (Å²) in [6, 6.07) is 10.3.